The number of alkyl carbamates (subject to hydrolysis) is 1. The van der Waals surface area contributed by atoms with E-state index in [1.165, 1.54) is 29.1 Å². The van der Waals surface area contributed by atoms with Crippen molar-refractivity contribution >= 4 is 30.0 Å². The van der Waals surface area contributed by atoms with Crippen LogP contribution in [-0.2, 0) is 36.1 Å². The maximum atomic E-state index is 14.2. The van der Waals surface area contributed by atoms with Gasteiger partial charge < -0.3 is 32.0 Å². The molecule has 1 aromatic heterocycles. The molecule has 0 spiro atoms. The summed E-state index contributed by atoms with van der Waals surface area (Å²) in [6.45, 7) is 1.59. The van der Waals surface area contributed by atoms with Crippen LogP contribution < -0.4 is 62.4 Å². The summed E-state index contributed by atoms with van der Waals surface area (Å²) in [5.74, 6) is -2.92. The summed E-state index contributed by atoms with van der Waals surface area (Å²) in [5.41, 5.74) is 5.29. The Kier molecular flexibility index (Phi) is 10.2. The number of rotatable bonds is 9. The second-order valence-corrected chi connectivity index (χ2v) is 11.5. The first kappa shape index (κ1) is 34.3. The van der Waals surface area contributed by atoms with Crippen LogP contribution in [0.2, 0.25) is 0 Å². The van der Waals surface area contributed by atoms with Gasteiger partial charge in [0, 0.05) is 36.0 Å². The zero-order valence-corrected chi connectivity index (χ0v) is 28.9. The molecular formula is C33H32KN5O8. The number of amides is 4. The van der Waals surface area contributed by atoms with Gasteiger partial charge in [-0.25, -0.2) is 14.4 Å². The average molecular weight is 666 g/mol. The molecule has 0 saturated carbocycles. The predicted molar refractivity (Wildman–Crippen MR) is 161 cm³/mol. The molecule has 14 heteroatoms. The number of nitrogens with two attached hydrogens (primary N) is 1. The number of aromatic nitrogens is 1. The van der Waals surface area contributed by atoms with Crippen molar-refractivity contribution in [3.8, 4) is 0 Å². The minimum Gasteiger partial charge on any atom is -1.00 e. The number of carboxylic acid groups (broad SMARTS) is 1. The Morgan fingerprint density at radius 2 is 1.70 bits per heavy atom. The summed E-state index contributed by atoms with van der Waals surface area (Å²) in [5, 5.41) is 13.0. The first-order chi connectivity index (χ1) is 22.1. The van der Waals surface area contributed by atoms with Crippen LogP contribution in [0.1, 0.15) is 37.5 Å². The summed E-state index contributed by atoms with van der Waals surface area (Å²) in [7, 11) is 0. The number of pyridine rings is 1. The molecular weight excluding hydrogens is 633 g/mol. The first-order valence-corrected chi connectivity index (χ1v) is 14.6. The molecule has 0 aliphatic carbocycles. The zero-order chi connectivity index (χ0) is 32.6. The van der Waals surface area contributed by atoms with Crippen LogP contribution in [0.25, 0.3) is 0 Å². The number of aliphatic carboxylic acids is 1. The molecule has 2 aromatic carbocycles. The van der Waals surface area contributed by atoms with Crippen molar-refractivity contribution in [3.63, 3.8) is 0 Å². The Hall–Kier alpha value is -4.08. The van der Waals surface area contributed by atoms with Crippen molar-refractivity contribution in [2.24, 2.45) is 11.7 Å². The Bertz CT molecular complexity index is 1730. The van der Waals surface area contributed by atoms with E-state index < -0.39 is 59.6 Å². The van der Waals surface area contributed by atoms with Gasteiger partial charge in [-0.2, -0.15) is 0 Å². The van der Waals surface area contributed by atoms with Crippen LogP contribution in [0.5, 0.6) is 0 Å². The summed E-state index contributed by atoms with van der Waals surface area (Å²) >= 11 is 0. The molecule has 2 fully saturated rings. The minimum atomic E-state index is -1.65. The van der Waals surface area contributed by atoms with Gasteiger partial charge in [-0.1, -0.05) is 60.7 Å². The van der Waals surface area contributed by atoms with E-state index in [0.717, 1.165) is 5.56 Å². The molecule has 4 N–H and O–H groups in total. The molecule has 4 heterocycles. The first-order valence-electron chi connectivity index (χ1n) is 14.6. The quantitative estimate of drug-likeness (QED) is 0.209. The molecule has 3 aromatic rings. The van der Waals surface area contributed by atoms with Gasteiger partial charge in [0.2, 0.25) is 0 Å². The SMILES string of the molecule is CC(OC(N)=O)(C1=C(C(=O)O)N2C(=O)[C@@H]3[C@H]2[C@H](C1)CN3C(=O)[C@H](NC(=O)OCc1ccccc1)c1ccccc1)c1ccncc1.[H-].[K+]. The van der Waals surface area contributed by atoms with Crippen molar-refractivity contribution in [2.75, 3.05) is 6.54 Å². The number of nitrogens with zero attached hydrogens (tertiary/aromatic N) is 3. The smallest absolute Gasteiger partial charge is 1.00 e. The number of nitrogens with one attached hydrogen (secondary N) is 1. The number of β-lactam (4-membered cyclic amide) rings is 1. The monoisotopic (exact) mass is 665 g/mol. The number of hydrogen-bond donors (Lipinski definition) is 3. The number of carbonyl (C=O) groups excluding carboxylic acids is 4. The molecule has 47 heavy (non-hydrogen) atoms. The van der Waals surface area contributed by atoms with Crippen LogP contribution >= 0.6 is 0 Å². The third kappa shape index (κ3) is 6.43. The van der Waals surface area contributed by atoms with E-state index in [0.29, 0.717) is 11.1 Å². The van der Waals surface area contributed by atoms with Gasteiger partial charge in [-0.3, -0.25) is 19.5 Å². The van der Waals surface area contributed by atoms with Crippen molar-refractivity contribution in [2.45, 2.75) is 43.7 Å². The number of benzene rings is 2. The molecule has 13 nitrogen and oxygen atoms in total. The molecule has 238 valence electrons. The van der Waals surface area contributed by atoms with Crippen LogP contribution in [-0.4, -0.2) is 68.5 Å². The third-order valence-electron chi connectivity index (χ3n) is 8.81. The van der Waals surface area contributed by atoms with E-state index in [4.69, 9.17) is 15.2 Å². The fraction of sp³-hybridized carbons (Fsp3) is 0.273. The van der Waals surface area contributed by atoms with Gasteiger partial charge >= 0.3 is 69.5 Å². The second kappa shape index (κ2) is 14.0. The number of ether oxygens (including phenoxy) is 2. The van der Waals surface area contributed by atoms with Gasteiger partial charge in [-0.05, 0) is 36.6 Å². The van der Waals surface area contributed by atoms with E-state index in [2.05, 4.69) is 10.3 Å². The number of primary amides is 1. The Balaban J connectivity index is 0.00000260. The van der Waals surface area contributed by atoms with E-state index in [-0.39, 0.29) is 83.7 Å². The predicted octanol–water partition coefficient (Wildman–Crippen LogP) is -0.0435. The zero-order valence-electron chi connectivity index (χ0n) is 26.7. The Labute approximate surface area is 314 Å². The van der Waals surface area contributed by atoms with Crippen LogP contribution in [0.3, 0.4) is 0 Å². The maximum Gasteiger partial charge on any atom is 1.00 e. The molecule has 0 bridgehead atoms. The van der Waals surface area contributed by atoms with E-state index in [9.17, 15) is 29.1 Å². The van der Waals surface area contributed by atoms with Gasteiger partial charge in [0.25, 0.3) is 11.8 Å². The molecule has 1 unspecified atom stereocenters. The molecule has 2 saturated heterocycles. The summed E-state index contributed by atoms with van der Waals surface area (Å²) < 4.78 is 11.0. The number of carbonyl (C=O) groups is 5. The fourth-order valence-corrected chi connectivity index (χ4v) is 6.73. The van der Waals surface area contributed by atoms with Gasteiger partial charge in [0.15, 0.2) is 5.60 Å². The van der Waals surface area contributed by atoms with Crippen LogP contribution in [0, 0.1) is 5.92 Å². The number of carboxylic acids is 1. The molecule has 3 aliphatic heterocycles. The maximum absolute atomic E-state index is 14.2. The third-order valence-corrected chi connectivity index (χ3v) is 8.81. The van der Waals surface area contributed by atoms with Crippen LogP contribution in [0.15, 0.2) is 96.5 Å². The molecule has 0 radical (unpaired) electrons. The van der Waals surface area contributed by atoms with Crippen molar-refractivity contribution in [1.82, 2.24) is 20.1 Å². The second-order valence-electron chi connectivity index (χ2n) is 11.5. The summed E-state index contributed by atoms with van der Waals surface area (Å²) in [6, 6.07) is 18.0. The average Bonchev–Trinajstić information content (AvgIpc) is 3.43. The molecule has 4 amide bonds. The Morgan fingerprint density at radius 3 is 2.32 bits per heavy atom. The molecule has 6 rings (SSSR count). The van der Waals surface area contributed by atoms with Crippen LogP contribution in [0.4, 0.5) is 9.59 Å². The molecule has 3 aliphatic rings. The number of likely N-dealkylation sites (tertiary alicyclic amines) is 1. The van der Waals surface area contributed by atoms with Crippen molar-refractivity contribution < 1.29 is 91.4 Å². The minimum absolute atomic E-state index is 0. The largest absolute Gasteiger partial charge is 1.00 e. The summed E-state index contributed by atoms with van der Waals surface area (Å²) in [6.07, 6.45) is 1.06. The van der Waals surface area contributed by atoms with Crippen molar-refractivity contribution in [3.05, 3.63) is 113 Å². The normalized spacial score (nSPS) is 21.3. The standard InChI is InChI=1S/C33H31N5O8.K.H/c1-33(46-31(34)43,22-12-14-35-15-13-22)23-16-21-17-37(27-25(21)38(29(27)40)26(23)30(41)42)28(39)24(20-10-6-3-7-11-20)36-32(44)45-18-19-8-4-2-5-9-19;;/h2-15,21,24-25,27H,16-18H2,1H3,(H2,34,43)(H,36,44)(H,41,42);;/q;+1;-1/t21-,24-,25-,27+,33?;;/m1../s1. The van der Waals surface area contributed by atoms with E-state index in [1.807, 2.05) is 18.2 Å². The Morgan fingerprint density at radius 1 is 1.06 bits per heavy atom. The fourth-order valence-electron chi connectivity index (χ4n) is 6.73. The summed E-state index contributed by atoms with van der Waals surface area (Å²) in [4.78, 5) is 72.2. The van der Waals surface area contributed by atoms with Crippen molar-refractivity contribution in [1.29, 1.82) is 0 Å². The van der Waals surface area contributed by atoms with Gasteiger partial charge in [0.05, 0.1) is 6.04 Å². The van der Waals surface area contributed by atoms with Gasteiger partial charge in [0.1, 0.15) is 24.4 Å². The molecule has 5 atom stereocenters. The van der Waals surface area contributed by atoms with E-state index >= 15 is 0 Å². The van der Waals surface area contributed by atoms with E-state index in [1.54, 1.807) is 54.6 Å². The number of hydrogen-bond acceptors (Lipinski definition) is 8. The van der Waals surface area contributed by atoms with Gasteiger partial charge in [-0.15, -0.1) is 0 Å². The topological polar surface area (TPSA) is 181 Å².